The molecule has 3 aliphatic heterocycles. The van der Waals surface area contributed by atoms with Crippen molar-refractivity contribution in [2.75, 3.05) is 27.2 Å². The number of esters is 2. The third-order valence-electron chi connectivity index (χ3n) is 11.6. The Morgan fingerprint density at radius 3 is 2.28 bits per heavy atom. The third kappa shape index (κ3) is 15.8. The van der Waals surface area contributed by atoms with E-state index in [0.717, 1.165) is 49.9 Å². The number of rotatable bonds is 25. The van der Waals surface area contributed by atoms with Crippen molar-refractivity contribution in [3.05, 3.63) is 57.4 Å². The van der Waals surface area contributed by atoms with Gasteiger partial charge in [-0.1, -0.05) is 51.0 Å². The Morgan fingerprint density at radius 2 is 1.65 bits per heavy atom. The Hall–Kier alpha value is -4.94. The Bertz CT molecular complexity index is 2220. The van der Waals surface area contributed by atoms with Crippen molar-refractivity contribution in [1.82, 2.24) is 19.4 Å². The van der Waals surface area contributed by atoms with Crippen LogP contribution in [0, 0.1) is 5.92 Å². The number of amides is 1. The maximum Gasteiger partial charge on any atom is 0.397 e. The summed E-state index contributed by atoms with van der Waals surface area (Å²) in [6.07, 6.45) is -8.58. The van der Waals surface area contributed by atoms with Gasteiger partial charge in [0.25, 0.3) is 5.56 Å². The Kier molecular flexibility index (Phi) is 21.2. The number of aliphatic hydroxyl groups excluding tert-OH is 3. The summed E-state index contributed by atoms with van der Waals surface area (Å²) in [7, 11) is -3.10. The summed E-state index contributed by atoms with van der Waals surface area (Å²) in [5, 5.41) is 53.3. The van der Waals surface area contributed by atoms with Gasteiger partial charge in [-0.05, 0) is 32.2 Å². The maximum atomic E-state index is 14.6. The number of carbonyl (C=O) groups is 5. The van der Waals surface area contributed by atoms with Gasteiger partial charge in [0.1, 0.15) is 54.9 Å². The SMILES string of the molecule is CCCCC/C=C\C/C=C\C[C@@H](CC(=O)O[C@@H]1CN(C)C([C@H](O[C@@H]2O[C@H](CN)[C@@H](O)[C@H]2OS(=O)(=O)O)[C@@H]2O[C@@H](n3ccc(=O)[nH]c3=O)[C@H](O)[C@@H]2O)C(=O)N(C)[C@@H]1C(=O)O)OC(=O)C[C@H](C)CC(=O)O. The number of unbranched alkanes of at least 4 members (excludes halogenated alkanes) is 3. The van der Waals surface area contributed by atoms with Gasteiger partial charge in [-0.15, -0.1) is 0 Å². The lowest BCUT2D eigenvalue weighted by molar-refractivity contribution is -0.230. The van der Waals surface area contributed by atoms with Crippen LogP contribution >= 0.6 is 0 Å². The minimum absolute atomic E-state index is 0.00276. The Labute approximate surface area is 396 Å². The second kappa shape index (κ2) is 25.8. The van der Waals surface area contributed by atoms with Crippen molar-refractivity contribution in [3.8, 4) is 0 Å². The number of aromatic nitrogens is 2. The van der Waals surface area contributed by atoms with Crippen molar-refractivity contribution in [2.24, 2.45) is 11.7 Å². The molecule has 0 saturated carbocycles. The molecule has 1 aromatic rings. The van der Waals surface area contributed by atoms with Gasteiger partial charge in [-0.25, -0.2) is 13.8 Å². The number of nitrogens with zero attached hydrogens (tertiary/aromatic N) is 3. The smallest absolute Gasteiger partial charge is 0.397 e. The molecule has 1 amide bonds. The fourth-order valence-corrected chi connectivity index (χ4v) is 8.75. The van der Waals surface area contributed by atoms with Gasteiger partial charge in [-0.3, -0.25) is 43.0 Å². The average Bonchev–Trinajstić information content (AvgIpc) is 3.67. The van der Waals surface area contributed by atoms with Crippen LogP contribution in [0.2, 0.25) is 0 Å². The van der Waals surface area contributed by atoms with E-state index < -0.39 is 156 Å². The Morgan fingerprint density at radius 1 is 0.957 bits per heavy atom. The molecule has 388 valence electrons. The van der Waals surface area contributed by atoms with Gasteiger partial charge in [0.2, 0.25) is 5.91 Å². The molecular weight excluding hydrogens is 943 g/mol. The largest absolute Gasteiger partial charge is 0.481 e. The van der Waals surface area contributed by atoms with E-state index in [2.05, 4.69) is 11.1 Å². The first-order valence-corrected chi connectivity index (χ1v) is 23.6. The van der Waals surface area contributed by atoms with E-state index in [4.69, 9.17) is 34.5 Å². The highest BCUT2D eigenvalue weighted by Gasteiger charge is 2.58. The lowest BCUT2D eigenvalue weighted by atomic mass is 9.97. The molecule has 27 heteroatoms. The van der Waals surface area contributed by atoms with Gasteiger partial charge in [0.05, 0.1) is 6.42 Å². The zero-order valence-corrected chi connectivity index (χ0v) is 39.3. The minimum atomic E-state index is -5.37. The molecule has 0 bridgehead atoms. The van der Waals surface area contributed by atoms with Crippen LogP contribution in [0.3, 0.4) is 0 Å². The van der Waals surface area contributed by atoms with Crippen molar-refractivity contribution in [2.45, 2.75) is 151 Å². The number of carbonyl (C=O) groups excluding carboxylic acids is 3. The number of hydrogen-bond acceptors (Lipinski definition) is 20. The monoisotopic (exact) mass is 1010 g/mol. The lowest BCUT2D eigenvalue weighted by Gasteiger charge is -2.38. The van der Waals surface area contributed by atoms with Crippen molar-refractivity contribution in [3.63, 3.8) is 0 Å². The number of aliphatic hydroxyl groups is 3. The first kappa shape index (κ1) is 56.6. The van der Waals surface area contributed by atoms with Crippen LogP contribution in [-0.2, 0) is 62.2 Å². The standard InChI is InChI=1S/C42H63N5O21S/c1-5-6-7-8-9-10-11-12-13-14-23(63-28(51)18-22(2)17-27(49)50)19-29(52)64-25-21-45(3)31(38(56)46(4)30(25)40(57)58)35(67-41-37(68-69(60,61)62)32(53)24(20-43)65-41)36-33(54)34(55)39(66-36)47-16-15-26(48)44-42(47)59/h9-10,12-13,15-16,22-25,30-37,39,41,53-55H,5-8,11,14,17-21,43H2,1-4H3,(H,49,50)(H,57,58)(H,44,48,59)(H,60,61,62)/b10-9-,13-12-/t22-,23+,24-,25-,30+,31?,32-,33+,34-,35+,36-,37-,39-,41+/m1/s1. The van der Waals surface area contributed by atoms with Crippen LogP contribution in [0.15, 0.2) is 46.2 Å². The maximum absolute atomic E-state index is 14.6. The quantitative estimate of drug-likeness (QED) is 0.0231. The van der Waals surface area contributed by atoms with Crippen LogP contribution in [0.4, 0.5) is 0 Å². The van der Waals surface area contributed by atoms with Crippen LogP contribution in [0.5, 0.6) is 0 Å². The summed E-state index contributed by atoms with van der Waals surface area (Å²) in [4.78, 5) is 93.9. The molecule has 3 saturated heterocycles. The molecule has 0 radical (unpaired) electrons. The van der Waals surface area contributed by atoms with E-state index in [1.54, 1.807) is 12.2 Å². The summed E-state index contributed by atoms with van der Waals surface area (Å²) < 4.78 is 67.8. The molecule has 1 aromatic heterocycles. The molecule has 69 heavy (non-hydrogen) atoms. The van der Waals surface area contributed by atoms with E-state index in [-0.39, 0.29) is 19.3 Å². The topological polar surface area (TPSA) is 384 Å². The minimum Gasteiger partial charge on any atom is -0.481 e. The number of likely N-dealkylation sites (N-methyl/N-ethyl adjacent to an activating group) is 2. The van der Waals surface area contributed by atoms with Crippen LogP contribution in [0.25, 0.3) is 0 Å². The molecule has 4 rings (SSSR count). The summed E-state index contributed by atoms with van der Waals surface area (Å²) in [5.41, 5.74) is 3.77. The molecule has 1 unspecified atom stereocenters. The number of aliphatic carboxylic acids is 2. The second-order valence-corrected chi connectivity index (χ2v) is 18.2. The number of carboxylic acids is 2. The molecule has 3 fully saturated rings. The number of nitrogens with two attached hydrogens (primary N) is 1. The molecule has 26 nitrogen and oxygen atoms in total. The fraction of sp³-hybridized carbons (Fsp3) is 0.690. The van der Waals surface area contributed by atoms with E-state index in [1.165, 1.54) is 14.0 Å². The number of hydrogen-bond donors (Lipinski definition) is 8. The molecule has 0 spiro atoms. The van der Waals surface area contributed by atoms with Crippen LogP contribution in [0.1, 0.15) is 77.9 Å². The van der Waals surface area contributed by atoms with Crippen LogP contribution in [-0.4, -0.2) is 188 Å². The van der Waals surface area contributed by atoms with Crippen molar-refractivity contribution in [1.29, 1.82) is 0 Å². The predicted octanol–water partition coefficient (Wildman–Crippen LogP) is -1.81. The van der Waals surface area contributed by atoms with Crippen molar-refractivity contribution < 1.29 is 90.3 Å². The van der Waals surface area contributed by atoms with E-state index in [1.807, 2.05) is 17.1 Å². The van der Waals surface area contributed by atoms with Crippen LogP contribution < -0.4 is 17.0 Å². The van der Waals surface area contributed by atoms with Crippen molar-refractivity contribution >= 4 is 40.2 Å². The Balaban J connectivity index is 1.68. The lowest BCUT2D eigenvalue weighted by Crippen LogP contribution is -2.60. The summed E-state index contributed by atoms with van der Waals surface area (Å²) in [6.45, 7) is 2.52. The fourth-order valence-electron chi connectivity index (χ4n) is 8.26. The van der Waals surface area contributed by atoms with Gasteiger partial charge >= 0.3 is 40.0 Å². The highest BCUT2D eigenvalue weighted by Crippen LogP contribution is 2.37. The number of nitrogens with one attached hydrogen (secondary N) is 1. The van der Waals surface area contributed by atoms with Gasteiger partial charge < -0.3 is 59.9 Å². The molecule has 0 aliphatic carbocycles. The summed E-state index contributed by atoms with van der Waals surface area (Å²) in [5.74, 6) is -6.44. The summed E-state index contributed by atoms with van der Waals surface area (Å²) >= 11 is 0. The molecule has 4 heterocycles. The van der Waals surface area contributed by atoms with E-state index in [0.29, 0.717) is 15.9 Å². The van der Waals surface area contributed by atoms with E-state index in [9.17, 15) is 67.0 Å². The summed E-state index contributed by atoms with van der Waals surface area (Å²) in [6, 6.07) is -2.92. The van der Waals surface area contributed by atoms with E-state index >= 15 is 0 Å². The number of aromatic amines is 1. The highest BCUT2D eigenvalue weighted by molar-refractivity contribution is 7.80. The predicted molar refractivity (Wildman–Crippen MR) is 235 cm³/mol. The second-order valence-electron chi connectivity index (χ2n) is 17.1. The number of H-pyrrole nitrogens is 1. The normalized spacial score (nSPS) is 29.3. The zero-order valence-electron chi connectivity index (χ0n) is 38.5. The van der Waals surface area contributed by atoms with Gasteiger partial charge in [0, 0.05) is 51.7 Å². The number of allylic oxidation sites excluding steroid dienone is 3. The first-order chi connectivity index (χ1) is 32.5. The molecule has 0 aromatic carbocycles. The van der Waals surface area contributed by atoms with Gasteiger partial charge in [0.15, 0.2) is 24.7 Å². The molecule has 9 N–H and O–H groups in total. The average molecular weight is 1010 g/mol. The third-order valence-corrected chi connectivity index (χ3v) is 12.1. The first-order valence-electron chi connectivity index (χ1n) is 22.3. The number of carboxylic acid groups (broad SMARTS) is 2. The zero-order chi connectivity index (χ0) is 51.3. The number of ether oxygens (including phenoxy) is 5. The highest BCUT2D eigenvalue weighted by atomic mass is 32.3. The molecule has 3 aliphatic rings. The molecular formula is C42H63N5O21S. The molecule has 14 atom stereocenters. The van der Waals surface area contributed by atoms with Gasteiger partial charge in [-0.2, -0.15) is 8.42 Å².